The Balaban J connectivity index is 1.39. The van der Waals surface area contributed by atoms with E-state index < -0.39 is 9.73 Å². The van der Waals surface area contributed by atoms with E-state index in [9.17, 15) is 4.21 Å². The average Bonchev–Trinajstić information content (AvgIpc) is 3.22. The van der Waals surface area contributed by atoms with Crippen LogP contribution in [0, 0.1) is 4.78 Å². The Kier molecular flexibility index (Phi) is 6.09. The number of anilines is 1. The number of H-pyrrole nitrogens is 1. The number of fused-ring (bicyclic) bond motifs is 1. The lowest BCUT2D eigenvalue weighted by Crippen LogP contribution is -2.40. The average molecular weight is 517 g/mol. The summed E-state index contributed by atoms with van der Waals surface area (Å²) >= 11 is 12.6. The molecule has 4 heterocycles. The number of hydrogen-bond acceptors (Lipinski definition) is 7. The van der Waals surface area contributed by atoms with Crippen LogP contribution in [-0.4, -0.2) is 49.0 Å². The fourth-order valence-corrected chi connectivity index (χ4v) is 5.94. The first-order chi connectivity index (χ1) is 16.3. The van der Waals surface area contributed by atoms with Gasteiger partial charge in [-0.15, -0.1) is 0 Å². The van der Waals surface area contributed by atoms with Crippen molar-refractivity contribution in [3.05, 3.63) is 64.5 Å². The molecule has 1 aromatic carbocycles. The van der Waals surface area contributed by atoms with Crippen LogP contribution in [0.3, 0.4) is 0 Å². The summed E-state index contributed by atoms with van der Waals surface area (Å²) in [7, 11) is -2.44. The highest BCUT2D eigenvalue weighted by Gasteiger charge is 2.21. The zero-order chi connectivity index (χ0) is 23.9. The molecule has 1 fully saturated rings. The van der Waals surface area contributed by atoms with Gasteiger partial charge in [0.2, 0.25) is 0 Å². The van der Waals surface area contributed by atoms with Gasteiger partial charge in [0, 0.05) is 69.4 Å². The summed E-state index contributed by atoms with van der Waals surface area (Å²) in [6, 6.07) is 9.61. The molecular formula is C23H22Cl2N6O2S. The van der Waals surface area contributed by atoms with Gasteiger partial charge in [-0.1, -0.05) is 23.2 Å². The van der Waals surface area contributed by atoms with E-state index in [4.69, 9.17) is 32.7 Å². The summed E-state index contributed by atoms with van der Waals surface area (Å²) in [4.78, 5) is 10.6. The Labute approximate surface area is 207 Å². The molecule has 2 N–H and O–H groups in total. The highest BCUT2D eigenvalue weighted by Crippen LogP contribution is 2.35. The maximum Gasteiger partial charge on any atom is 0.128 e. The summed E-state index contributed by atoms with van der Waals surface area (Å²) in [6.45, 7) is 3.03. The molecule has 0 spiro atoms. The zero-order valence-electron chi connectivity index (χ0n) is 18.3. The molecule has 0 radical (unpaired) electrons. The molecule has 34 heavy (non-hydrogen) atoms. The lowest BCUT2D eigenvalue weighted by Gasteiger charge is -2.28. The fourth-order valence-electron chi connectivity index (χ4n) is 4.03. The van der Waals surface area contributed by atoms with Gasteiger partial charge >= 0.3 is 0 Å². The molecule has 0 unspecified atom stereocenters. The smallest absolute Gasteiger partial charge is 0.128 e. The van der Waals surface area contributed by atoms with Gasteiger partial charge in [0.05, 0.1) is 15.6 Å². The first kappa shape index (κ1) is 22.9. The van der Waals surface area contributed by atoms with Crippen molar-refractivity contribution in [3.63, 3.8) is 0 Å². The molecular weight excluding hydrogens is 495 g/mol. The molecule has 0 saturated carbocycles. The number of aromatic amines is 1. The topological polar surface area (TPSA) is 108 Å². The minimum Gasteiger partial charge on any atom is -0.486 e. The van der Waals surface area contributed by atoms with E-state index in [2.05, 4.69) is 25.1 Å². The minimum absolute atomic E-state index is 0.373. The number of ether oxygens (including phenoxy) is 1. The highest BCUT2D eigenvalue weighted by atomic mass is 35.5. The zero-order valence-corrected chi connectivity index (χ0v) is 20.6. The summed E-state index contributed by atoms with van der Waals surface area (Å²) in [5.74, 6) is 2.21. The molecule has 5 rings (SSSR count). The second-order valence-corrected chi connectivity index (χ2v) is 11.4. The van der Waals surface area contributed by atoms with Crippen LogP contribution in [0.1, 0.15) is 18.6 Å². The van der Waals surface area contributed by atoms with E-state index in [1.54, 1.807) is 18.6 Å². The molecule has 176 valence electrons. The molecule has 1 atom stereocenters. The van der Waals surface area contributed by atoms with Gasteiger partial charge in [-0.3, -0.25) is 14.9 Å². The molecule has 11 heteroatoms. The van der Waals surface area contributed by atoms with Gasteiger partial charge < -0.3 is 9.64 Å². The molecule has 8 nitrogen and oxygen atoms in total. The maximum atomic E-state index is 11.9. The monoisotopic (exact) mass is 516 g/mol. The molecule has 1 aliphatic rings. The fraction of sp³-hybridized carbons (Fsp3) is 0.261. The Morgan fingerprint density at radius 2 is 1.85 bits per heavy atom. The van der Waals surface area contributed by atoms with Crippen LogP contribution < -0.4 is 9.64 Å². The first-order valence-corrected chi connectivity index (χ1v) is 13.4. The number of hydrogen-bond donors (Lipinski definition) is 2. The number of nitrogens with one attached hydrogen (secondary N) is 2. The lowest BCUT2D eigenvalue weighted by atomic mass is 10.1. The van der Waals surface area contributed by atoms with Gasteiger partial charge in [-0.25, -0.2) is 9.19 Å². The number of nitrogens with zero attached hydrogens (tertiary/aromatic N) is 4. The van der Waals surface area contributed by atoms with E-state index >= 15 is 0 Å². The molecule has 4 aromatic rings. The lowest BCUT2D eigenvalue weighted by molar-refractivity contribution is 0.227. The van der Waals surface area contributed by atoms with E-state index in [1.165, 1.54) is 0 Å². The van der Waals surface area contributed by atoms with Gasteiger partial charge in [-0.05, 0) is 37.3 Å². The Bertz CT molecular complexity index is 1420. The van der Waals surface area contributed by atoms with Crippen molar-refractivity contribution in [2.75, 3.05) is 29.5 Å². The molecule has 0 aliphatic carbocycles. The standard InChI is InChI=1S/C23H22Cl2N6O2S/c1-14(22-18(24)12-27-13-19(22)25)33-16-3-4-20-17(10-16)23(30-29-20)15-2-5-21(28-11-15)31-6-8-34(26,32)9-7-31/h2-5,10-14,26H,6-9H2,1H3,(H,29,30)/t14-/m1/s1. The van der Waals surface area contributed by atoms with Crippen LogP contribution in [-0.2, 0) is 9.73 Å². The predicted octanol–water partition coefficient (Wildman–Crippen LogP) is 5.33. The second-order valence-electron chi connectivity index (χ2n) is 8.17. The van der Waals surface area contributed by atoms with E-state index in [1.807, 2.05) is 37.3 Å². The Morgan fingerprint density at radius 1 is 1.12 bits per heavy atom. The van der Waals surface area contributed by atoms with Crippen LogP contribution in [0.4, 0.5) is 5.82 Å². The number of pyridine rings is 2. The van der Waals surface area contributed by atoms with Crippen molar-refractivity contribution < 1.29 is 8.95 Å². The van der Waals surface area contributed by atoms with Crippen LogP contribution in [0.2, 0.25) is 10.0 Å². The van der Waals surface area contributed by atoms with E-state index in [-0.39, 0.29) is 6.10 Å². The van der Waals surface area contributed by atoms with Gasteiger partial charge in [0.25, 0.3) is 0 Å². The third-order valence-electron chi connectivity index (χ3n) is 5.87. The van der Waals surface area contributed by atoms with E-state index in [0.29, 0.717) is 46.0 Å². The van der Waals surface area contributed by atoms with Crippen molar-refractivity contribution in [3.8, 4) is 17.0 Å². The van der Waals surface area contributed by atoms with Crippen molar-refractivity contribution in [2.45, 2.75) is 13.0 Å². The van der Waals surface area contributed by atoms with Crippen LogP contribution in [0.15, 0.2) is 48.9 Å². The van der Waals surface area contributed by atoms with E-state index in [0.717, 1.165) is 28.0 Å². The predicted molar refractivity (Wildman–Crippen MR) is 135 cm³/mol. The Hall–Kier alpha value is -2.88. The normalized spacial score (nSPS) is 16.5. The summed E-state index contributed by atoms with van der Waals surface area (Å²) in [6.07, 6.45) is 4.50. The summed E-state index contributed by atoms with van der Waals surface area (Å²) in [5.41, 5.74) is 3.19. The number of halogens is 2. The summed E-state index contributed by atoms with van der Waals surface area (Å²) < 4.78 is 25.8. The van der Waals surface area contributed by atoms with Crippen LogP contribution in [0.5, 0.6) is 5.75 Å². The Morgan fingerprint density at radius 3 is 2.53 bits per heavy atom. The summed E-state index contributed by atoms with van der Waals surface area (Å²) in [5, 5.41) is 9.35. The highest BCUT2D eigenvalue weighted by molar-refractivity contribution is 7.92. The number of benzene rings is 1. The SMILES string of the molecule is C[C@@H](Oc1ccc2[nH]nc(-c3ccc(N4CCS(=N)(=O)CC4)nc3)c2c1)c1c(Cl)cncc1Cl. The van der Waals surface area contributed by atoms with Crippen molar-refractivity contribution in [2.24, 2.45) is 0 Å². The maximum absolute atomic E-state index is 11.9. The molecule has 0 amide bonds. The van der Waals surface area contributed by atoms with Gasteiger partial charge in [0.15, 0.2) is 0 Å². The van der Waals surface area contributed by atoms with Gasteiger partial charge in [-0.2, -0.15) is 5.10 Å². The second kappa shape index (κ2) is 9.05. The van der Waals surface area contributed by atoms with Crippen molar-refractivity contribution >= 4 is 49.7 Å². The molecule has 0 bridgehead atoms. The van der Waals surface area contributed by atoms with Crippen LogP contribution in [0.25, 0.3) is 22.2 Å². The third kappa shape index (κ3) is 4.55. The largest absolute Gasteiger partial charge is 0.486 e. The third-order valence-corrected chi connectivity index (χ3v) is 8.16. The van der Waals surface area contributed by atoms with Crippen molar-refractivity contribution in [1.82, 2.24) is 20.2 Å². The molecule has 1 saturated heterocycles. The quantitative estimate of drug-likeness (QED) is 0.370. The first-order valence-electron chi connectivity index (χ1n) is 10.7. The molecule has 1 aliphatic heterocycles. The van der Waals surface area contributed by atoms with Crippen molar-refractivity contribution in [1.29, 1.82) is 4.78 Å². The number of rotatable bonds is 5. The molecule has 3 aromatic heterocycles. The van der Waals surface area contributed by atoms with Gasteiger partial charge in [0.1, 0.15) is 23.4 Å². The minimum atomic E-state index is -2.44. The number of aromatic nitrogens is 4. The van der Waals surface area contributed by atoms with Crippen LogP contribution >= 0.6 is 23.2 Å².